The molecular formula is C18H25N5OS. The number of carbonyl (C=O) groups excluding carboxylic acids is 1. The first-order chi connectivity index (χ1) is 11.8. The van der Waals surface area contributed by atoms with E-state index in [0.717, 1.165) is 0 Å². The van der Waals surface area contributed by atoms with Gasteiger partial charge < -0.3 is 5.32 Å². The van der Waals surface area contributed by atoms with Crippen molar-refractivity contribution in [1.82, 2.24) is 25.5 Å². The van der Waals surface area contributed by atoms with Gasteiger partial charge >= 0.3 is 0 Å². The summed E-state index contributed by atoms with van der Waals surface area (Å²) in [6.45, 7) is 8.18. The van der Waals surface area contributed by atoms with Crippen molar-refractivity contribution in [2.24, 2.45) is 5.92 Å². The third-order valence-electron chi connectivity index (χ3n) is 4.26. The van der Waals surface area contributed by atoms with E-state index in [1.165, 1.54) is 35.7 Å². The Bertz CT molecular complexity index is 731. The lowest BCUT2D eigenvalue weighted by molar-refractivity contribution is -0.119. The number of aryl methyl sites for hydroxylation is 1. The van der Waals surface area contributed by atoms with Gasteiger partial charge in [0.05, 0.1) is 17.3 Å². The van der Waals surface area contributed by atoms with Crippen LogP contribution in [-0.4, -0.2) is 31.9 Å². The zero-order valence-corrected chi connectivity index (χ0v) is 16.0. The highest BCUT2D eigenvalue weighted by atomic mass is 32.2. The monoisotopic (exact) mass is 359 g/mol. The first-order valence-corrected chi connectivity index (χ1v) is 9.61. The fourth-order valence-electron chi connectivity index (χ4n) is 2.71. The molecular weight excluding hydrogens is 334 g/mol. The molecule has 7 heteroatoms. The fourth-order valence-corrected chi connectivity index (χ4v) is 3.58. The van der Waals surface area contributed by atoms with Crippen LogP contribution in [0.5, 0.6) is 0 Å². The molecule has 3 rings (SSSR count). The fraction of sp³-hybridized carbons (Fsp3) is 0.556. The Morgan fingerprint density at radius 3 is 2.60 bits per heavy atom. The van der Waals surface area contributed by atoms with E-state index >= 15 is 0 Å². The van der Waals surface area contributed by atoms with Crippen molar-refractivity contribution < 1.29 is 4.79 Å². The normalized spacial score (nSPS) is 15.8. The average molecular weight is 359 g/mol. The molecule has 2 aromatic rings. The molecule has 1 heterocycles. The first-order valence-electron chi connectivity index (χ1n) is 8.62. The lowest BCUT2D eigenvalue weighted by Gasteiger charge is -2.20. The predicted molar refractivity (Wildman–Crippen MR) is 98.3 cm³/mol. The number of hydrogen-bond acceptors (Lipinski definition) is 5. The quantitative estimate of drug-likeness (QED) is 0.803. The molecule has 0 saturated heterocycles. The van der Waals surface area contributed by atoms with Crippen LogP contribution in [0.4, 0.5) is 0 Å². The first kappa shape index (κ1) is 17.9. The van der Waals surface area contributed by atoms with Gasteiger partial charge in [0.2, 0.25) is 11.1 Å². The highest BCUT2D eigenvalue weighted by Gasteiger charge is 2.33. The van der Waals surface area contributed by atoms with Crippen LogP contribution < -0.4 is 5.32 Å². The number of rotatable bonds is 6. The van der Waals surface area contributed by atoms with Gasteiger partial charge in [-0.1, -0.05) is 41.6 Å². The molecule has 0 aliphatic heterocycles. The number of nitrogens with one attached hydrogen (secondary N) is 1. The van der Waals surface area contributed by atoms with E-state index in [2.05, 4.69) is 52.0 Å². The maximum Gasteiger partial charge on any atom is 0.230 e. The summed E-state index contributed by atoms with van der Waals surface area (Å²) >= 11 is 1.38. The van der Waals surface area contributed by atoms with E-state index in [9.17, 15) is 4.79 Å². The Balaban J connectivity index is 1.61. The van der Waals surface area contributed by atoms with Gasteiger partial charge in [0.25, 0.3) is 0 Å². The SMILES string of the molecule is Cc1ccc(C(NC(=O)CSc2nnnn2C(C)(C)C)C2CC2)cc1. The molecule has 1 aromatic heterocycles. The van der Waals surface area contributed by atoms with Crippen LogP contribution in [0.3, 0.4) is 0 Å². The van der Waals surface area contributed by atoms with Gasteiger partial charge in [-0.15, -0.1) is 5.10 Å². The number of hydrogen-bond donors (Lipinski definition) is 1. The summed E-state index contributed by atoms with van der Waals surface area (Å²) in [5, 5.41) is 15.7. The molecule has 0 bridgehead atoms. The lowest BCUT2D eigenvalue weighted by Crippen LogP contribution is -2.31. The number of thioether (sulfide) groups is 1. The topological polar surface area (TPSA) is 72.7 Å². The molecule has 1 N–H and O–H groups in total. The number of amides is 1. The largest absolute Gasteiger partial charge is 0.348 e. The Morgan fingerprint density at radius 2 is 2.00 bits per heavy atom. The van der Waals surface area contributed by atoms with Crippen molar-refractivity contribution in [3.63, 3.8) is 0 Å². The Labute approximate surface area is 152 Å². The van der Waals surface area contributed by atoms with Crippen LogP contribution in [0.25, 0.3) is 0 Å². The van der Waals surface area contributed by atoms with Gasteiger partial charge in [0.1, 0.15) is 0 Å². The maximum absolute atomic E-state index is 12.5. The van der Waals surface area contributed by atoms with E-state index in [0.29, 0.717) is 16.8 Å². The third kappa shape index (κ3) is 4.60. The van der Waals surface area contributed by atoms with Crippen LogP contribution in [0.15, 0.2) is 29.4 Å². The minimum Gasteiger partial charge on any atom is -0.348 e. The van der Waals surface area contributed by atoms with Crippen molar-refractivity contribution in [3.05, 3.63) is 35.4 Å². The molecule has 1 amide bonds. The second-order valence-corrected chi connectivity index (χ2v) is 8.57. The Hall–Kier alpha value is -1.89. The summed E-state index contributed by atoms with van der Waals surface area (Å²) in [5.41, 5.74) is 2.21. The van der Waals surface area contributed by atoms with E-state index < -0.39 is 0 Å². The lowest BCUT2D eigenvalue weighted by atomic mass is 10.0. The molecule has 1 atom stereocenters. The highest BCUT2D eigenvalue weighted by Crippen LogP contribution is 2.41. The number of tetrazole rings is 1. The number of aromatic nitrogens is 4. The molecule has 1 aliphatic rings. The van der Waals surface area contributed by atoms with Crippen molar-refractivity contribution in [1.29, 1.82) is 0 Å². The summed E-state index contributed by atoms with van der Waals surface area (Å²) < 4.78 is 1.75. The third-order valence-corrected chi connectivity index (χ3v) is 5.17. The van der Waals surface area contributed by atoms with Gasteiger partial charge in [-0.05, 0) is 62.4 Å². The highest BCUT2D eigenvalue weighted by molar-refractivity contribution is 7.99. The summed E-state index contributed by atoms with van der Waals surface area (Å²) in [6, 6.07) is 8.54. The standard InChI is InChI=1S/C18H25N5OS/c1-12-5-7-13(8-6-12)16(14-9-10-14)19-15(24)11-25-17-20-21-22-23(17)18(2,3)4/h5-8,14,16H,9-11H2,1-4H3,(H,19,24). The summed E-state index contributed by atoms with van der Waals surface area (Å²) in [4.78, 5) is 12.5. The molecule has 1 unspecified atom stereocenters. The number of carbonyl (C=O) groups is 1. The van der Waals surface area contributed by atoms with Crippen LogP contribution in [0.1, 0.15) is 50.8 Å². The molecule has 134 valence electrons. The van der Waals surface area contributed by atoms with Crippen molar-refractivity contribution in [2.75, 3.05) is 5.75 Å². The summed E-state index contributed by atoms with van der Waals surface area (Å²) in [5.74, 6) is 0.883. The molecule has 6 nitrogen and oxygen atoms in total. The Kier molecular flexibility index (Phi) is 5.13. The number of nitrogens with zero attached hydrogens (tertiary/aromatic N) is 4. The predicted octanol–water partition coefficient (Wildman–Crippen LogP) is 3.10. The maximum atomic E-state index is 12.5. The molecule has 25 heavy (non-hydrogen) atoms. The molecule has 1 saturated carbocycles. The van der Waals surface area contributed by atoms with E-state index in [1.807, 2.05) is 20.8 Å². The van der Waals surface area contributed by atoms with Crippen molar-refractivity contribution in [3.8, 4) is 0 Å². The zero-order valence-electron chi connectivity index (χ0n) is 15.2. The van der Waals surface area contributed by atoms with Crippen LogP contribution in [0.2, 0.25) is 0 Å². The van der Waals surface area contributed by atoms with Crippen molar-refractivity contribution in [2.45, 2.75) is 57.3 Å². The average Bonchev–Trinajstić information content (AvgIpc) is 3.27. The Morgan fingerprint density at radius 1 is 1.32 bits per heavy atom. The van der Waals surface area contributed by atoms with Crippen LogP contribution >= 0.6 is 11.8 Å². The smallest absolute Gasteiger partial charge is 0.230 e. The van der Waals surface area contributed by atoms with Gasteiger partial charge in [-0.2, -0.15) is 0 Å². The van der Waals surface area contributed by atoms with Crippen molar-refractivity contribution >= 4 is 17.7 Å². The molecule has 0 radical (unpaired) electrons. The van der Waals surface area contributed by atoms with Gasteiger partial charge in [0, 0.05) is 0 Å². The van der Waals surface area contributed by atoms with E-state index in [-0.39, 0.29) is 17.5 Å². The molecule has 0 spiro atoms. The van der Waals surface area contributed by atoms with Gasteiger partial charge in [-0.25, -0.2) is 4.68 Å². The van der Waals surface area contributed by atoms with Crippen LogP contribution in [-0.2, 0) is 10.3 Å². The van der Waals surface area contributed by atoms with Gasteiger partial charge in [-0.3, -0.25) is 4.79 Å². The second kappa shape index (κ2) is 7.15. The molecule has 1 fully saturated rings. The van der Waals surface area contributed by atoms with Gasteiger partial charge in [0.15, 0.2) is 0 Å². The molecule has 1 aromatic carbocycles. The minimum atomic E-state index is -0.208. The summed E-state index contributed by atoms with van der Waals surface area (Å²) in [6.07, 6.45) is 2.35. The van der Waals surface area contributed by atoms with Crippen LogP contribution in [0, 0.1) is 12.8 Å². The zero-order chi connectivity index (χ0) is 18.0. The summed E-state index contributed by atoms with van der Waals surface area (Å²) in [7, 11) is 0. The second-order valence-electron chi connectivity index (χ2n) is 7.63. The minimum absolute atomic E-state index is 0.0194. The number of benzene rings is 1. The van der Waals surface area contributed by atoms with E-state index in [1.54, 1.807) is 4.68 Å². The van der Waals surface area contributed by atoms with E-state index in [4.69, 9.17) is 0 Å². The molecule has 1 aliphatic carbocycles.